The van der Waals surface area contributed by atoms with Gasteiger partial charge in [-0.15, -0.1) is 10.2 Å². The second-order valence-electron chi connectivity index (χ2n) is 5.33. The molecule has 0 amide bonds. The summed E-state index contributed by atoms with van der Waals surface area (Å²) in [7, 11) is 0. The van der Waals surface area contributed by atoms with Crippen molar-refractivity contribution in [2.75, 3.05) is 0 Å². The minimum absolute atomic E-state index is 0.0785. The zero-order valence-electron chi connectivity index (χ0n) is 13.2. The van der Waals surface area contributed by atoms with E-state index in [1.165, 1.54) is 6.92 Å². The van der Waals surface area contributed by atoms with Gasteiger partial charge in [-0.1, -0.05) is 23.7 Å². The largest absolute Gasteiger partial charge is 0.481 e. The van der Waals surface area contributed by atoms with Gasteiger partial charge in [0.1, 0.15) is 5.65 Å². The summed E-state index contributed by atoms with van der Waals surface area (Å²) in [5, 5.41) is 17.8. The molecule has 0 spiro atoms. The number of nitrogens with zero attached hydrogens (tertiary/aromatic N) is 4. The van der Waals surface area contributed by atoms with Crippen LogP contribution in [0.3, 0.4) is 0 Å². The average Bonchev–Trinajstić information content (AvgIpc) is 2.89. The van der Waals surface area contributed by atoms with Gasteiger partial charge in [0.05, 0.1) is 22.8 Å². The molecule has 0 radical (unpaired) electrons. The number of fused-ring (bicyclic) bond motifs is 1. The number of carbonyl (C=O) groups excluding carboxylic acids is 1. The molecule has 0 fully saturated rings. The van der Waals surface area contributed by atoms with Crippen LogP contribution in [0.4, 0.5) is 11.5 Å². The molecule has 25 heavy (non-hydrogen) atoms. The molecule has 0 saturated carbocycles. The molecule has 2 heterocycles. The van der Waals surface area contributed by atoms with Crippen LogP contribution in [0.15, 0.2) is 52.8 Å². The molecule has 1 N–H and O–H groups in total. The number of azo groups is 1. The quantitative estimate of drug-likeness (QED) is 0.546. The van der Waals surface area contributed by atoms with Crippen molar-refractivity contribution in [2.45, 2.75) is 13.3 Å². The highest BCUT2D eigenvalue weighted by molar-refractivity contribution is 6.30. The van der Waals surface area contributed by atoms with Crippen molar-refractivity contribution < 1.29 is 14.7 Å². The van der Waals surface area contributed by atoms with E-state index < -0.39 is 5.97 Å². The van der Waals surface area contributed by atoms with Gasteiger partial charge in [0.25, 0.3) is 0 Å². The summed E-state index contributed by atoms with van der Waals surface area (Å²) in [6.45, 7) is 1.47. The highest BCUT2D eigenvalue weighted by Crippen LogP contribution is 2.26. The molecule has 0 saturated heterocycles. The summed E-state index contributed by atoms with van der Waals surface area (Å²) in [6.07, 6.45) is 1.30. The third kappa shape index (κ3) is 3.72. The number of imidazole rings is 1. The first-order chi connectivity index (χ1) is 11.9. The number of carbonyl (C=O) groups is 2. The number of carboxylic acids is 1. The fraction of sp³-hybridized carbons (Fsp3) is 0.118. The van der Waals surface area contributed by atoms with E-state index in [9.17, 15) is 9.59 Å². The topological polar surface area (TPSA) is 96.4 Å². The molecule has 126 valence electrons. The predicted octanol–water partition coefficient (Wildman–Crippen LogP) is 4.23. The summed E-state index contributed by atoms with van der Waals surface area (Å²) in [4.78, 5) is 26.8. The van der Waals surface area contributed by atoms with Crippen molar-refractivity contribution in [2.24, 2.45) is 10.2 Å². The fourth-order valence-electron chi connectivity index (χ4n) is 2.31. The number of rotatable bonds is 5. The van der Waals surface area contributed by atoms with Gasteiger partial charge >= 0.3 is 5.97 Å². The van der Waals surface area contributed by atoms with Gasteiger partial charge < -0.3 is 5.11 Å². The predicted molar refractivity (Wildman–Crippen MR) is 92.2 cm³/mol. The van der Waals surface area contributed by atoms with Crippen molar-refractivity contribution in [3.63, 3.8) is 0 Å². The van der Waals surface area contributed by atoms with E-state index in [1.807, 2.05) is 0 Å². The normalized spacial score (nSPS) is 11.3. The number of aliphatic carboxylic acids is 1. The summed E-state index contributed by atoms with van der Waals surface area (Å²) < 4.78 is 1.58. The van der Waals surface area contributed by atoms with Crippen LogP contribution in [0.1, 0.15) is 23.0 Å². The first-order valence-electron chi connectivity index (χ1n) is 7.35. The Bertz CT molecular complexity index is 1010. The van der Waals surface area contributed by atoms with Crippen LogP contribution in [-0.4, -0.2) is 26.2 Å². The molecule has 3 rings (SSSR count). The number of Topliss-reactive ketones (excluding diaryl/α,β-unsaturated/α-hetero) is 1. The molecule has 0 aliphatic heterocycles. The third-order valence-electron chi connectivity index (χ3n) is 3.46. The monoisotopic (exact) mass is 356 g/mol. The Hall–Kier alpha value is -3.06. The van der Waals surface area contributed by atoms with Crippen LogP contribution in [0.2, 0.25) is 5.02 Å². The molecule has 0 atom stereocenters. The molecule has 0 unspecified atom stereocenters. The Labute approximate surface area is 147 Å². The average molecular weight is 357 g/mol. The van der Waals surface area contributed by atoms with E-state index >= 15 is 0 Å². The Morgan fingerprint density at radius 1 is 1.24 bits per heavy atom. The second-order valence-corrected chi connectivity index (χ2v) is 5.77. The molecule has 1 aromatic carbocycles. The van der Waals surface area contributed by atoms with E-state index in [2.05, 4.69) is 15.2 Å². The number of ketones is 1. The van der Waals surface area contributed by atoms with Gasteiger partial charge in [-0.3, -0.25) is 14.0 Å². The van der Waals surface area contributed by atoms with Gasteiger partial charge in [0, 0.05) is 11.8 Å². The highest BCUT2D eigenvalue weighted by Gasteiger charge is 2.15. The Kier molecular flexibility index (Phi) is 4.58. The van der Waals surface area contributed by atoms with Gasteiger partial charge in [-0.2, -0.15) is 0 Å². The van der Waals surface area contributed by atoms with Crippen LogP contribution in [-0.2, 0) is 11.2 Å². The highest BCUT2D eigenvalue weighted by atomic mass is 35.5. The van der Waals surface area contributed by atoms with Crippen LogP contribution in [0.5, 0.6) is 0 Å². The molecule has 3 aromatic rings. The molecule has 0 aliphatic carbocycles. The van der Waals surface area contributed by atoms with Gasteiger partial charge in [-0.05, 0) is 31.2 Å². The smallest absolute Gasteiger partial charge is 0.309 e. The van der Waals surface area contributed by atoms with Crippen LogP contribution in [0.25, 0.3) is 5.65 Å². The summed E-state index contributed by atoms with van der Waals surface area (Å²) >= 11 is 6.00. The number of benzene rings is 1. The summed E-state index contributed by atoms with van der Waals surface area (Å²) in [5.41, 5.74) is 1.79. The van der Waals surface area contributed by atoms with E-state index in [1.54, 1.807) is 47.0 Å². The molecule has 7 nitrogen and oxygen atoms in total. The zero-order valence-corrected chi connectivity index (χ0v) is 13.9. The fourth-order valence-corrected chi connectivity index (χ4v) is 2.48. The number of halogens is 1. The Morgan fingerprint density at radius 3 is 2.76 bits per heavy atom. The molecule has 8 heteroatoms. The molecular formula is C17H13ClN4O3. The number of pyridine rings is 1. The lowest BCUT2D eigenvalue weighted by Gasteiger charge is -1.99. The lowest BCUT2D eigenvalue weighted by molar-refractivity contribution is -0.136. The maximum atomic E-state index is 11.5. The van der Waals surface area contributed by atoms with Crippen LogP contribution >= 0.6 is 11.6 Å². The first-order valence-corrected chi connectivity index (χ1v) is 7.73. The molecule has 0 aliphatic rings. The minimum atomic E-state index is -1.02. The Morgan fingerprint density at radius 2 is 2.04 bits per heavy atom. The number of hydrogen-bond acceptors (Lipinski definition) is 5. The van der Waals surface area contributed by atoms with Crippen LogP contribution in [0, 0.1) is 0 Å². The lowest BCUT2D eigenvalue weighted by Crippen LogP contribution is -2.00. The van der Waals surface area contributed by atoms with E-state index in [0.29, 0.717) is 21.9 Å². The number of carboxylic acid groups (broad SMARTS) is 1. The molecular weight excluding hydrogens is 344 g/mol. The van der Waals surface area contributed by atoms with Crippen molar-refractivity contribution in [1.82, 2.24) is 9.38 Å². The van der Waals surface area contributed by atoms with E-state index in [-0.39, 0.29) is 23.7 Å². The van der Waals surface area contributed by atoms with Crippen molar-refractivity contribution in [3.8, 4) is 0 Å². The summed E-state index contributed by atoms with van der Waals surface area (Å²) in [6, 6.07) is 10.0. The van der Waals surface area contributed by atoms with Crippen LogP contribution < -0.4 is 0 Å². The number of aromatic nitrogens is 2. The molecule has 2 aromatic heterocycles. The maximum absolute atomic E-state index is 11.5. The minimum Gasteiger partial charge on any atom is -0.481 e. The first kappa shape index (κ1) is 16.8. The second kappa shape index (κ2) is 6.82. The van der Waals surface area contributed by atoms with Gasteiger partial charge in [0.15, 0.2) is 11.6 Å². The van der Waals surface area contributed by atoms with E-state index in [0.717, 1.165) is 0 Å². The van der Waals surface area contributed by atoms with Crippen molar-refractivity contribution in [1.29, 1.82) is 0 Å². The lowest BCUT2D eigenvalue weighted by atomic mass is 10.1. The van der Waals surface area contributed by atoms with Gasteiger partial charge in [-0.25, -0.2) is 4.98 Å². The van der Waals surface area contributed by atoms with Crippen molar-refractivity contribution >= 4 is 40.5 Å². The molecule has 0 bridgehead atoms. The zero-order chi connectivity index (χ0) is 18.0. The number of hydrogen-bond donors (Lipinski definition) is 1. The van der Waals surface area contributed by atoms with E-state index in [4.69, 9.17) is 16.7 Å². The SMILES string of the molecule is CC(=O)c1cccc(N=Nc2c(CC(=O)O)nc3ccc(Cl)cn23)c1. The Balaban J connectivity index is 2.07. The maximum Gasteiger partial charge on any atom is 0.309 e. The summed E-state index contributed by atoms with van der Waals surface area (Å²) in [5.74, 6) is -0.817. The third-order valence-corrected chi connectivity index (χ3v) is 3.68. The van der Waals surface area contributed by atoms with Gasteiger partial charge in [0.2, 0.25) is 0 Å². The standard InChI is InChI=1S/C17H13ClN4O3/c1-10(23)11-3-2-4-13(7-11)20-21-17-14(8-16(24)25)19-15-6-5-12(18)9-22(15)17/h2-7,9H,8H2,1H3,(H,24,25). The van der Waals surface area contributed by atoms with Crippen molar-refractivity contribution in [3.05, 3.63) is 58.9 Å².